The van der Waals surface area contributed by atoms with Gasteiger partial charge in [-0.05, 0) is 12.8 Å². The Kier molecular flexibility index (Phi) is 2.46. The fourth-order valence-electron chi connectivity index (χ4n) is 1.09. The van der Waals surface area contributed by atoms with Crippen molar-refractivity contribution in [1.82, 2.24) is 15.4 Å². The van der Waals surface area contributed by atoms with Crippen LogP contribution in [0.4, 0.5) is 0 Å². The maximum Gasteiger partial charge on any atom is 0.0995 e. The predicted octanol–water partition coefficient (Wildman–Crippen LogP) is 0.563. The molecule has 2 rings (SSSR count). The molecule has 0 saturated heterocycles. The molecule has 4 nitrogen and oxygen atoms in total. The van der Waals surface area contributed by atoms with E-state index in [1.165, 1.54) is 12.8 Å². The maximum absolute atomic E-state index is 5.44. The van der Waals surface area contributed by atoms with Crippen molar-refractivity contribution in [3.05, 3.63) is 11.4 Å². The predicted molar refractivity (Wildman–Crippen MR) is 43.5 cm³/mol. The minimum atomic E-state index is 0. The van der Waals surface area contributed by atoms with Gasteiger partial charge in [-0.25, -0.2) is 0 Å². The largest absolute Gasteiger partial charge is 0.325 e. The Balaban J connectivity index is 0.000000605. The summed E-state index contributed by atoms with van der Waals surface area (Å²) in [6.07, 6.45) is 2.50. The summed E-state index contributed by atoms with van der Waals surface area (Å²) in [6.45, 7) is 0.502. The van der Waals surface area contributed by atoms with Gasteiger partial charge < -0.3 is 5.73 Å². The van der Waals surface area contributed by atoms with E-state index in [2.05, 4.69) is 15.4 Å². The summed E-state index contributed by atoms with van der Waals surface area (Å²) in [4.78, 5) is 0. The van der Waals surface area contributed by atoms with Crippen molar-refractivity contribution in [2.45, 2.75) is 25.3 Å². The number of rotatable bonds is 2. The third-order valence-corrected chi connectivity index (χ3v) is 1.81. The fraction of sp³-hybridized carbons (Fsp3) is 0.667. The first-order chi connectivity index (χ1) is 4.92. The molecule has 62 valence electrons. The average Bonchev–Trinajstić information content (AvgIpc) is 2.69. The topological polar surface area (TPSA) is 67.6 Å². The highest BCUT2D eigenvalue weighted by Crippen LogP contribution is 2.39. The van der Waals surface area contributed by atoms with Crippen LogP contribution in [0.15, 0.2) is 0 Å². The lowest BCUT2D eigenvalue weighted by Crippen LogP contribution is -1.99. The van der Waals surface area contributed by atoms with Crippen molar-refractivity contribution in [3.8, 4) is 0 Å². The molecule has 3 N–H and O–H groups in total. The van der Waals surface area contributed by atoms with Crippen LogP contribution in [0.5, 0.6) is 0 Å². The highest BCUT2D eigenvalue weighted by Gasteiger charge is 2.28. The number of aromatic amines is 1. The number of nitrogens with zero attached hydrogens (tertiary/aromatic N) is 2. The molecule has 1 aromatic rings. The van der Waals surface area contributed by atoms with Crippen LogP contribution in [-0.4, -0.2) is 15.4 Å². The van der Waals surface area contributed by atoms with Crippen LogP contribution in [0.1, 0.15) is 30.1 Å². The Morgan fingerprint density at radius 2 is 2.18 bits per heavy atom. The summed E-state index contributed by atoms with van der Waals surface area (Å²) >= 11 is 0. The van der Waals surface area contributed by atoms with Gasteiger partial charge in [-0.1, -0.05) is 0 Å². The second-order valence-corrected chi connectivity index (χ2v) is 2.63. The van der Waals surface area contributed by atoms with Gasteiger partial charge in [0.2, 0.25) is 0 Å². The molecule has 0 aromatic carbocycles. The Hall–Kier alpha value is -0.610. The van der Waals surface area contributed by atoms with Crippen molar-refractivity contribution < 1.29 is 0 Å². The van der Waals surface area contributed by atoms with Crippen molar-refractivity contribution >= 4 is 12.4 Å². The lowest BCUT2D eigenvalue weighted by molar-refractivity contribution is 0.894. The quantitative estimate of drug-likeness (QED) is 0.689. The number of halogens is 1. The van der Waals surface area contributed by atoms with E-state index in [0.717, 1.165) is 11.4 Å². The first-order valence-electron chi connectivity index (χ1n) is 3.51. The van der Waals surface area contributed by atoms with Crippen LogP contribution in [0.25, 0.3) is 0 Å². The second kappa shape index (κ2) is 3.19. The zero-order valence-corrected chi connectivity index (χ0v) is 6.90. The van der Waals surface area contributed by atoms with Crippen LogP contribution < -0.4 is 5.73 Å². The van der Waals surface area contributed by atoms with Gasteiger partial charge >= 0.3 is 0 Å². The van der Waals surface area contributed by atoms with Gasteiger partial charge in [0.05, 0.1) is 11.4 Å². The molecule has 5 heteroatoms. The van der Waals surface area contributed by atoms with Crippen LogP contribution >= 0.6 is 12.4 Å². The van der Waals surface area contributed by atoms with Gasteiger partial charge in [0.15, 0.2) is 0 Å². The average molecular weight is 175 g/mol. The van der Waals surface area contributed by atoms with E-state index in [1.807, 2.05) is 0 Å². The molecular weight excluding hydrogens is 164 g/mol. The maximum atomic E-state index is 5.44. The third-order valence-electron chi connectivity index (χ3n) is 1.81. The Bertz CT molecular complexity index is 230. The van der Waals surface area contributed by atoms with Crippen LogP contribution in [0.3, 0.4) is 0 Å². The van der Waals surface area contributed by atoms with Gasteiger partial charge in [-0.15, -0.1) is 12.4 Å². The molecule has 1 saturated carbocycles. The van der Waals surface area contributed by atoms with E-state index >= 15 is 0 Å². The molecule has 0 amide bonds. The number of nitrogens with two attached hydrogens (primary N) is 1. The molecule has 0 aliphatic heterocycles. The van der Waals surface area contributed by atoms with E-state index in [-0.39, 0.29) is 12.4 Å². The Morgan fingerprint density at radius 3 is 2.73 bits per heavy atom. The lowest BCUT2D eigenvalue weighted by Gasteiger charge is -1.90. The summed E-state index contributed by atoms with van der Waals surface area (Å²) < 4.78 is 0. The summed E-state index contributed by atoms with van der Waals surface area (Å²) in [5.74, 6) is 0.650. The molecular formula is C6H11ClN4. The third kappa shape index (κ3) is 1.52. The molecule has 1 aliphatic rings. The number of nitrogens with one attached hydrogen (secondary N) is 1. The number of hydrogen-bond acceptors (Lipinski definition) is 3. The molecule has 1 aliphatic carbocycles. The monoisotopic (exact) mass is 174 g/mol. The van der Waals surface area contributed by atoms with Crippen molar-refractivity contribution in [1.29, 1.82) is 0 Å². The van der Waals surface area contributed by atoms with E-state index in [4.69, 9.17) is 5.73 Å². The molecule has 11 heavy (non-hydrogen) atoms. The number of aromatic nitrogens is 3. The molecule has 0 unspecified atom stereocenters. The molecule has 1 fully saturated rings. The highest BCUT2D eigenvalue weighted by molar-refractivity contribution is 5.85. The lowest BCUT2D eigenvalue weighted by atomic mass is 10.2. The summed E-state index contributed by atoms with van der Waals surface area (Å²) in [5.41, 5.74) is 7.46. The van der Waals surface area contributed by atoms with Gasteiger partial charge in [0.1, 0.15) is 0 Å². The minimum Gasteiger partial charge on any atom is -0.325 e. The minimum absolute atomic E-state index is 0. The van der Waals surface area contributed by atoms with Crippen molar-refractivity contribution in [2.24, 2.45) is 5.73 Å². The van der Waals surface area contributed by atoms with Gasteiger partial charge in [0, 0.05) is 12.5 Å². The zero-order valence-electron chi connectivity index (χ0n) is 6.08. The van der Waals surface area contributed by atoms with Crippen LogP contribution in [0.2, 0.25) is 0 Å². The Morgan fingerprint density at radius 1 is 1.45 bits per heavy atom. The Labute approximate surface area is 71.0 Å². The van der Waals surface area contributed by atoms with E-state index < -0.39 is 0 Å². The number of H-pyrrole nitrogens is 1. The first-order valence-corrected chi connectivity index (χ1v) is 3.51. The SMILES string of the molecule is Cl.NCc1n[nH]nc1C1CC1. The van der Waals surface area contributed by atoms with Crippen molar-refractivity contribution in [2.75, 3.05) is 0 Å². The van der Waals surface area contributed by atoms with Gasteiger partial charge in [-0.3, -0.25) is 0 Å². The van der Waals surface area contributed by atoms with Crippen LogP contribution in [0, 0.1) is 0 Å². The number of hydrogen-bond donors (Lipinski definition) is 2. The summed E-state index contributed by atoms with van der Waals surface area (Å²) in [5, 5.41) is 10.6. The first kappa shape index (κ1) is 8.49. The van der Waals surface area contributed by atoms with E-state index in [0.29, 0.717) is 12.5 Å². The molecule has 0 atom stereocenters. The summed E-state index contributed by atoms with van der Waals surface area (Å²) in [6, 6.07) is 0. The molecule has 0 radical (unpaired) electrons. The summed E-state index contributed by atoms with van der Waals surface area (Å²) in [7, 11) is 0. The molecule has 0 spiro atoms. The van der Waals surface area contributed by atoms with Gasteiger partial charge in [-0.2, -0.15) is 15.4 Å². The molecule has 1 aromatic heterocycles. The van der Waals surface area contributed by atoms with Gasteiger partial charge in [0.25, 0.3) is 0 Å². The van der Waals surface area contributed by atoms with E-state index in [9.17, 15) is 0 Å². The normalized spacial score (nSPS) is 16.1. The fourth-order valence-corrected chi connectivity index (χ4v) is 1.09. The second-order valence-electron chi connectivity index (χ2n) is 2.63. The van der Waals surface area contributed by atoms with E-state index in [1.54, 1.807) is 0 Å². The zero-order chi connectivity index (χ0) is 6.97. The van der Waals surface area contributed by atoms with Crippen molar-refractivity contribution in [3.63, 3.8) is 0 Å². The smallest absolute Gasteiger partial charge is 0.0995 e. The standard InChI is InChI=1S/C6H10N4.ClH/c7-3-5-6(4-1-2-4)9-10-8-5;/h4H,1-3,7H2,(H,8,9,10);1H. The molecule has 1 heterocycles. The van der Waals surface area contributed by atoms with Crippen LogP contribution in [-0.2, 0) is 6.54 Å². The molecule has 0 bridgehead atoms. The highest BCUT2D eigenvalue weighted by atomic mass is 35.5.